The molecule has 0 radical (unpaired) electrons. The van der Waals surface area contributed by atoms with Gasteiger partial charge in [0, 0.05) is 25.2 Å². The molecule has 2 aliphatic rings. The van der Waals surface area contributed by atoms with Crippen LogP contribution in [0.15, 0.2) is 12.2 Å². The molecule has 0 aliphatic carbocycles. The summed E-state index contributed by atoms with van der Waals surface area (Å²) in [5.74, 6) is 0. The van der Waals surface area contributed by atoms with E-state index in [0.717, 1.165) is 32.4 Å². The SMILES string of the molecule is C=C1CN2[C@H](COC)CCC2(CO)C1. The van der Waals surface area contributed by atoms with E-state index in [4.69, 9.17) is 4.74 Å². The second kappa shape index (κ2) is 3.65. The normalized spacial score (nSPS) is 37.9. The number of fused-ring (bicyclic) bond motifs is 1. The Hall–Kier alpha value is -0.380. The largest absolute Gasteiger partial charge is 0.394 e. The van der Waals surface area contributed by atoms with Crippen LogP contribution < -0.4 is 0 Å². The van der Waals surface area contributed by atoms with Gasteiger partial charge >= 0.3 is 0 Å². The van der Waals surface area contributed by atoms with Crippen LogP contribution in [-0.2, 0) is 4.74 Å². The summed E-state index contributed by atoms with van der Waals surface area (Å²) in [5.41, 5.74) is 1.25. The number of aliphatic hydroxyl groups is 1. The minimum Gasteiger partial charge on any atom is -0.394 e. The maximum Gasteiger partial charge on any atom is 0.0618 e. The third kappa shape index (κ3) is 1.40. The van der Waals surface area contributed by atoms with Gasteiger partial charge in [-0.1, -0.05) is 12.2 Å². The van der Waals surface area contributed by atoms with Crippen molar-refractivity contribution in [1.82, 2.24) is 4.90 Å². The van der Waals surface area contributed by atoms with Crippen LogP contribution in [0.1, 0.15) is 19.3 Å². The van der Waals surface area contributed by atoms with Crippen LogP contribution in [0.4, 0.5) is 0 Å². The molecule has 3 nitrogen and oxygen atoms in total. The standard InChI is InChI=1S/C11H19NO2/c1-9-5-11(8-13)4-3-10(7-14-2)12(11)6-9/h10,13H,1,3-8H2,2H3/t10-,11?/m0/s1. The quantitative estimate of drug-likeness (QED) is 0.679. The molecule has 0 aromatic carbocycles. The zero-order valence-electron chi connectivity index (χ0n) is 8.83. The van der Waals surface area contributed by atoms with Crippen molar-refractivity contribution in [1.29, 1.82) is 0 Å². The fourth-order valence-corrected chi connectivity index (χ4v) is 2.96. The second-order valence-electron chi connectivity index (χ2n) is 4.58. The third-order valence-electron chi connectivity index (χ3n) is 3.62. The molecule has 0 spiro atoms. The van der Waals surface area contributed by atoms with Crippen LogP contribution in [0.3, 0.4) is 0 Å². The highest BCUT2D eigenvalue weighted by atomic mass is 16.5. The van der Waals surface area contributed by atoms with Crippen LogP contribution in [0.2, 0.25) is 0 Å². The maximum atomic E-state index is 9.51. The number of hydrogen-bond acceptors (Lipinski definition) is 3. The lowest BCUT2D eigenvalue weighted by Crippen LogP contribution is -2.46. The maximum absolute atomic E-state index is 9.51. The van der Waals surface area contributed by atoms with Crippen molar-refractivity contribution in [3.8, 4) is 0 Å². The molecule has 0 bridgehead atoms. The summed E-state index contributed by atoms with van der Waals surface area (Å²) >= 11 is 0. The van der Waals surface area contributed by atoms with E-state index in [1.54, 1.807) is 7.11 Å². The second-order valence-corrected chi connectivity index (χ2v) is 4.58. The Bertz CT molecular complexity index is 241. The first kappa shape index (κ1) is 10.1. The van der Waals surface area contributed by atoms with Crippen LogP contribution in [0, 0.1) is 0 Å². The van der Waals surface area contributed by atoms with Crippen LogP contribution >= 0.6 is 0 Å². The summed E-state index contributed by atoms with van der Waals surface area (Å²) in [5, 5.41) is 9.51. The number of methoxy groups -OCH3 is 1. The van der Waals surface area contributed by atoms with Gasteiger partial charge in [0.1, 0.15) is 0 Å². The molecular formula is C11H19NO2. The molecule has 0 aromatic rings. The summed E-state index contributed by atoms with van der Waals surface area (Å²) in [6.07, 6.45) is 3.18. The van der Waals surface area contributed by atoms with Gasteiger partial charge in [0.05, 0.1) is 13.2 Å². The fraction of sp³-hybridized carbons (Fsp3) is 0.818. The molecule has 2 fully saturated rings. The number of aliphatic hydroxyl groups excluding tert-OH is 1. The molecule has 3 heteroatoms. The lowest BCUT2D eigenvalue weighted by atomic mass is 9.94. The van der Waals surface area contributed by atoms with E-state index in [2.05, 4.69) is 11.5 Å². The first-order valence-corrected chi connectivity index (χ1v) is 5.25. The average molecular weight is 197 g/mol. The van der Waals surface area contributed by atoms with E-state index >= 15 is 0 Å². The molecule has 2 rings (SSSR count). The molecule has 2 aliphatic heterocycles. The van der Waals surface area contributed by atoms with Gasteiger partial charge in [-0.2, -0.15) is 0 Å². The highest BCUT2D eigenvalue weighted by Gasteiger charge is 2.49. The molecule has 1 N–H and O–H groups in total. The molecule has 80 valence electrons. The van der Waals surface area contributed by atoms with Gasteiger partial charge in [-0.3, -0.25) is 4.90 Å². The van der Waals surface area contributed by atoms with Crippen LogP contribution in [0.25, 0.3) is 0 Å². The van der Waals surface area contributed by atoms with Gasteiger partial charge in [-0.05, 0) is 19.3 Å². The summed E-state index contributed by atoms with van der Waals surface area (Å²) in [6.45, 7) is 6.00. The van der Waals surface area contributed by atoms with E-state index in [9.17, 15) is 5.11 Å². The minimum absolute atomic E-state index is 0.000278. The van der Waals surface area contributed by atoms with Crippen molar-refractivity contribution < 1.29 is 9.84 Å². The topological polar surface area (TPSA) is 32.7 Å². The predicted molar refractivity (Wildman–Crippen MR) is 55.2 cm³/mol. The van der Waals surface area contributed by atoms with Crippen LogP contribution in [0.5, 0.6) is 0 Å². The minimum atomic E-state index is 0.000278. The first-order chi connectivity index (χ1) is 6.72. The lowest BCUT2D eigenvalue weighted by molar-refractivity contribution is 0.0477. The van der Waals surface area contributed by atoms with Crippen molar-refractivity contribution in [2.75, 3.05) is 26.9 Å². The van der Waals surface area contributed by atoms with Crippen molar-refractivity contribution >= 4 is 0 Å². The Kier molecular flexibility index (Phi) is 2.64. The van der Waals surface area contributed by atoms with Gasteiger partial charge in [-0.25, -0.2) is 0 Å². The number of hydrogen-bond donors (Lipinski definition) is 1. The van der Waals surface area contributed by atoms with Gasteiger partial charge in [0.25, 0.3) is 0 Å². The molecule has 2 atom stereocenters. The Morgan fingerprint density at radius 3 is 3.14 bits per heavy atom. The van der Waals surface area contributed by atoms with Gasteiger partial charge in [0.15, 0.2) is 0 Å². The van der Waals surface area contributed by atoms with E-state index in [1.807, 2.05) is 0 Å². The highest BCUT2D eigenvalue weighted by molar-refractivity contribution is 5.19. The van der Waals surface area contributed by atoms with Crippen molar-refractivity contribution in [2.24, 2.45) is 0 Å². The van der Waals surface area contributed by atoms with E-state index in [1.165, 1.54) is 5.57 Å². The van der Waals surface area contributed by atoms with Crippen LogP contribution in [-0.4, -0.2) is 48.5 Å². The zero-order chi connectivity index (χ0) is 10.2. The van der Waals surface area contributed by atoms with Gasteiger partial charge < -0.3 is 9.84 Å². The van der Waals surface area contributed by atoms with Crippen molar-refractivity contribution in [3.63, 3.8) is 0 Å². The summed E-state index contributed by atoms with van der Waals surface area (Å²) in [4.78, 5) is 2.39. The average Bonchev–Trinajstić information content (AvgIpc) is 2.64. The Labute approximate surface area is 85.4 Å². The Morgan fingerprint density at radius 2 is 2.50 bits per heavy atom. The smallest absolute Gasteiger partial charge is 0.0618 e. The molecule has 0 saturated carbocycles. The third-order valence-corrected chi connectivity index (χ3v) is 3.62. The van der Waals surface area contributed by atoms with E-state index in [0.29, 0.717) is 6.04 Å². The summed E-state index contributed by atoms with van der Waals surface area (Å²) in [7, 11) is 1.74. The first-order valence-electron chi connectivity index (χ1n) is 5.25. The van der Waals surface area contributed by atoms with Gasteiger partial charge in [-0.15, -0.1) is 0 Å². The monoisotopic (exact) mass is 197 g/mol. The molecule has 1 unspecified atom stereocenters. The van der Waals surface area contributed by atoms with Crippen molar-refractivity contribution in [3.05, 3.63) is 12.2 Å². The molecule has 2 saturated heterocycles. The molecular weight excluding hydrogens is 178 g/mol. The zero-order valence-corrected chi connectivity index (χ0v) is 8.83. The molecule has 0 amide bonds. The van der Waals surface area contributed by atoms with Gasteiger partial charge in [0.2, 0.25) is 0 Å². The molecule has 2 heterocycles. The van der Waals surface area contributed by atoms with Crippen molar-refractivity contribution in [2.45, 2.75) is 30.8 Å². The predicted octanol–water partition coefficient (Wildman–Crippen LogP) is 0.788. The Morgan fingerprint density at radius 1 is 1.71 bits per heavy atom. The molecule has 0 aromatic heterocycles. The lowest BCUT2D eigenvalue weighted by Gasteiger charge is -2.32. The van der Waals surface area contributed by atoms with E-state index in [-0.39, 0.29) is 12.1 Å². The number of nitrogens with zero attached hydrogens (tertiary/aromatic N) is 1. The van der Waals surface area contributed by atoms with E-state index < -0.39 is 0 Å². The highest BCUT2D eigenvalue weighted by Crippen LogP contribution is 2.43. The summed E-state index contributed by atoms with van der Waals surface area (Å²) < 4.78 is 5.21. The number of rotatable bonds is 3. The molecule has 14 heavy (non-hydrogen) atoms. The Balaban J connectivity index is 2.13. The summed E-state index contributed by atoms with van der Waals surface area (Å²) in [6, 6.07) is 0.478. The number of ether oxygens (including phenoxy) is 1. The fourth-order valence-electron chi connectivity index (χ4n) is 2.96.